The normalized spacial score (nSPS) is 11.9. The van der Waals surface area contributed by atoms with E-state index in [1.807, 2.05) is 18.2 Å². The number of aromatic nitrogens is 4. The number of nitrogens with zero attached hydrogens (tertiary/aromatic N) is 8. The number of rotatable bonds is 17. The van der Waals surface area contributed by atoms with Crippen molar-refractivity contribution in [1.82, 2.24) is 19.9 Å². The van der Waals surface area contributed by atoms with Gasteiger partial charge >= 0.3 is 0 Å². The Morgan fingerprint density at radius 3 is 0.870 bits per heavy atom. The first-order valence-corrected chi connectivity index (χ1v) is 49.4. The molecule has 138 heavy (non-hydrogen) atoms. The maximum atomic E-state index is 6.92. The van der Waals surface area contributed by atoms with Crippen LogP contribution in [0.2, 0.25) is 0 Å². The van der Waals surface area contributed by atoms with Crippen LogP contribution in [0.1, 0.15) is 0 Å². The Morgan fingerprint density at radius 2 is 0.449 bits per heavy atom. The molecule has 0 fully saturated rings. The van der Waals surface area contributed by atoms with Crippen molar-refractivity contribution in [3.63, 3.8) is 0 Å². The van der Waals surface area contributed by atoms with Gasteiger partial charge in [0.1, 0.15) is 42.4 Å². The van der Waals surface area contributed by atoms with Crippen molar-refractivity contribution in [1.29, 1.82) is 0 Å². The van der Waals surface area contributed by atoms with Crippen LogP contribution in [0.5, 0.6) is 0 Å². The zero-order chi connectivity index (χ0) is 90.6. The lowest BCUT2D eigenvalue weighted by molar-refractivity contribution is 0.668. The van der Waals surface area contributed by atoms with Crippen molar-refractivity contribution in [2.24, 2.45) is 0 Å². The number of fused-ring (bicyclic) bond motifs is 18. The SMILES string of the molecule is c1ccc2c(N(c3ccc(-c4nc5ccccc5s4)cc3)c3ccc4c(ccc5cc(N(c6ccc(-c7nc8cc(-c9ccc%10oc%11cc(N(c%12ccc(-c%13nc%14ccccc%14s%13)cc%12)c%12ccc%13c(ccc%14cc(N(c%15ccc(-c%16nc%17ccccc%17s%16)cc%15)c%15ccc%16c(c%15)oc%15ccccc%15%16)ccc%14%13)c%12)ccc%11c%10c9)ccc8s7)cc6)c6cccc7ccccc67)ccc54)c3)cccc2c1. The second kappa shape index (κ2) is 32.3. The summed E-state index contributed by atoms with van der Waals surface area (Å²) in [6, 6.07) is 162. The molecule has 0 amide bonds. The molecular formula is C124H74N8O2S4. The number of para-hydroxylation sites is 4. The van der Waals surface area contributed by atoms with E-state index >= 15 is 0 Å². The Kier molecular flexibility index (Phi) is 18.6. The molecule has 0 aliphatic heterocycles. The highest BCUT2D eigenvalue weighted by Gasteiger charge is 2.26. The largest absolute Gasteiger partial charge is 0.456 e. The molecule has 6 aromatic heterocycles. The van der Waals surface area contributed by atoms with Crippen molar-refractivity contribution >= 4 is 263 Å². The van der Waals surface area contributed by atoms with E-state index < -0.39 is 0 Å². The van der Waals surface area contributed by atoms with Crippen LogP contribution in [0.25, 0.3) is 203 Å². The highest BCUT2D eigenvalue weighted by molar-refractivity contribution is 7.22. The molecule has 646 valence electrons. The van der Waals surface area contributed by atoms with Gasteiger partial charge in [0.15, 0.2) is 0 Å². The summed E-state index contributed by atoms with van der Waals surface area (Å²) in [5, 5.41) is 22.1. The minimum atomic E-state index is 0.794. The first kappa shape index (κ1) is 79.3. The van der Waals surface area contributed by atoms with E-state index in [1.165, 1.54) is 41.7 Å². The minimum absolute atomic E-state index is 0.794. The summed E-state index contributed by atoms with van der Waals surface area (Å²) in [5.74, 6) is 0. The molecule has 0 aliphatic rings. The van der Waals surface area contributed by atoms with Crippen LogP contribution in [0.15, 0.2) is 458 Å². The van der Waals surface area contributed by atoms with Crippen LogP contribution in [-0.4, -0.2) is 19.9 Å². The van der Waals surface area contributed by atoms with Gasteiger partial charge in [0.05, 0.1) is 52.2 Å². The van der Waals surface area contributed by atoms with Crippen LogP contribution in [0.4, 0.5) is 68.2 Å². The molecule has 0 radical (unpaired) electrons. The number of anilines is 12. The number of thiazole rings is 4. The third kappa shape index (κ3) is 13.7. The number of furan rings is 2. The molecule has 22 aromatic carbocycles. The molecule has 6 heterocycles. The van der Waals surface area contributed by atoms with Gasteiger partial charge in [-0.05, 0) is 314 Å². The zero-order valence-corrected chi connectivity index (χ0v) is 77.0. The van der Waals surface area contributed by atoms with Crippen LogP contribution in [0.3, 0.4) is 0 Å². The van der Waals surface area contributed by atoms with Crippen molar-refractivity contribution in [2.75, 3.05) is 19.6 Å². The fourth-order valence-electron chi connectivity index (χ4n) is 20.4. The molecule has 0 saturated heterocycles. The van der Waals surface area contributed by atoms with Gasteiger partial charge in [-0.3, -0.25) is 0 Å². The zero-order valence-electron chi connectivity index (χ0n) is 73.8. The predicted octanol–water partition coefficient (Wildman–Crippen LogP) is 37.1. The molecule has 0 unspecified atom stereocenters. The molecule has 0 bridgehead atoms. The highest BCUT2D eigenvalue weighted by Crippen LogP contribution is 2.50. The van der Waals surface area contributed by atoms with Crippen molar-refractivity contribution in [2.45, 2.75) is 0 Å². The lowest BCUT2D eigenvalue weighted by Gasteiger charge is -2.28. The second-order valence-corrected chi connectivity index (χ2v) is 39.3. The molecule has 10 nitrogen and oxygen atoms in total. The summed E-state index contributed by atoms with van der Waals surface area (Å²) < 4.78 is 18.1. The lowest BCUT2D eigenvalue weighted by atomic mass is 9.99. The molecule has 0 N–H and O–H groups in total. The summed E-state index contributed by atoms with van der Waals surface area (Å²) in [5.41, 5.74) is 26.2. The minimum Gasteiger partial charge on any atom is -0.456 e. The van der Waals surface area contributed by atoms with Gasteiger partial charge in [-0.2, -0.15) is 0 Å². The first-order valence-electron chi connectivity index (χ1n) is 46.1. The smallest absolute Gasteiger partial charge is 0.137 e. The molecule has 28 rings (SSSR count). The lowest BCUT2D eigenvalue weighted by Crippen LogP contribution is -2.10. The van der Waals surface area contributed by atoms with Gasteiger partial charge in [0.25, 0.3) is 0 Å². The third-order valence-corrected chi connectivity index (χ3v) is 31.4. The van der Waals surface area contributed by atoms with E-state index in [1.54, 1.807) is 45.3 Å². The monoisotopic (exact) mass is 1830 g/mol. The van der Waals surface area contributed by atoms with Crippen molar-refractivity contribution in [3.05, 3.63) is 449 Å². The van der Waals surface area contributed by atoms with E-state index in [0.717, 1.165) is 229 Å². The van der Waals surface area contributed by atoms with Gasteiger partial charge in [0, 0.05) is 124 Å². The Labute approximate surface area is 807 Å². The van der Waals surface area contributed by atoms with Gasteiger partial charge in [-0.15, -0.1) is 45.3 Å². The Bertz CT molecular complexity index is 9690. The maximum absolute atomic E-state index is 6.92. The fourth-order valence-corrected chi connectivity index (χ4v) is 24.2. The number of hydrogen-bond acceptors (Lipinski definition) is 14. The maximum Gasteiger partial charge on any atom is 0.137 e. The predicted molar refractivity (Wildman–Crippen MR) is 585 cm³/mol. The fraction of sp³-hybridized carbons (Fsp3) is 0. The van der Waals surface area contributed by atoms with Gasteiger partial charge in [0.2, 0.25) is 0 Å². The summed E-state index contributed by atoms with van der Waals surface area (Å²) in [4.78, 5) is 29.9. The van der Waals surface area contributed by atoms with Crippen LogP contribution in [-0.2, 0) is 0 Å². The topological polar surface area (TPSA) is 90.8 Å². The molecule has 14 heteroatoms. The Balaban J connectivity index is 0.478. The summed E-state index contributed by atoms with van der Waals surface area (Å²) in [6.45, 7) is 0. The molecule has 0 atom stereocenters. The molecule has 0 aliphatic carbocycles. The van der Waals surface area contributed by atoms with Crippen molar-refractivity contribution in [3.8, 4) is 53.4 Å². The average molecular weight is 1840 g/mol. The standard InChI is InChI=1S/C124H74N8O2S4/c1-3-19-101-75(15-1)17-13-25-111(101)131(89-49-39-79(40-50-89)123-127-109-24-8-12-30-119(109)137-123)93-55-61-99-85(69-93)33-34-86-70-94(56-62-100(86)99)132(112-26-14-18-76-16-2-4-20-102(76)112)90-51-41-80(42-52-90)124-128-110-72-82(44-66-120(110)138-124)81-43-65-114-106(71-81)105-64-58-96(74-116(105)134-114)130(88-47-37-78(38-48-88)122-126-108-23-7-11-29-118(108)136-122)92-54-60-98-84(68-92)32-31-83-67-91(53-59-97(83)98)129(95-57-63-104-103-21-5-9-27-113(103)133-115(104)73-95)87-45-35-77(36-46-87)121-125-107-22-6-10-28-117(107)135-121/h1-74H. The van der Waals surface area contributed by atoms with E-state index in [-0.39, 0.29) is 0 Å². The third-order valence-electron chi connectivity index (χ3n) is 27.1. The van der Waals surface area contributed by atoms with Crippen LogP contribution < -0.4 is 19.6 Å². The van der Waals surface area contributed by atoms with E-state index in [4.69, 9.17) is 28.8 Å². The Hall–Kier alpha value is -17.2. The van der Waals surface area contributed by atoms with E-state index in [2.05, 4.69) is 450 Å². The highest BCUT2D eigenvalue weighted by atomic mass is 32.1. The summed E-state index contributed by atoms with van der Waals surface area (Å²) in [6.07, 6.45) is 0. The first-order chi connectivity index (χ1) is 68.3. The quantitative estimate of drug-likeness (QED) is 0.0821. The van der Waals surface area contributed by atoms with Gasteiger partial charge in [-0.25, -0.2) is 19.9 Å². The molecule has 0 spiro atoms. The van der Waals surface area contributed by atoms with Crippen molar-refractivity contribution < 1.29 is 8.83 Å². The number of benzene rings is 22. The van der Waals surface area contributed by atoms with Gasteiger partial charge in [-0.1, -0.05) is 188 Å². The summed E-state index contributed by atoms with van der Waals surface area (Å²) >= 11 is 6.87. The van der Waals surface area contributed by atoms with Crippen LogP contribution in [0, 0.1) is 0 Å². The van der Waals surface area contributed by atoms with Crippen LogP contribution >= 0.6 is 45.3 Å². The molecular weight excluding hydrogens is 1760 g/mol. The molecule has 0 saturated carbocycles. The van der Waals surface area contributed by atoms with E-state index in [9.17, 15) is 0 Å². The average Bonchev–Trinajstić information content (AvgIpc) is 1.03. The van der Waals surface area contributed by atoms with E-state index in [0.29, 0.717) is 0 Å². The van der Waals surface area contributed by atoms with Gasteiger partial charge < -0.3 is 28.4 Å². The summed E-state index contributed by atoms with van der Waals surface area (Å²) in [7, 11) is 0. The molecule has 28 aromatic rings. The number of hydrogen-bond donors (Lipinski definition) is 0. The Morgan fingerprint density at radius 1 is 0.159 bits per heavy atom. The second-order valence-electron chi connectivity index (χ2n) is 35.2.